The molecule has 0 aliphatic carbocycles. The molecular weight excluding hydrogens is 402 g/mol. The number of oxime groups is 1. The van der Waals surface area contributed by atoms with Crippen molar-refractivity contribution in [1.29, 1.82) is 0 Å². The predicted octanol–water partition coefficient (Wildman–Crippen LogP) is 2.93. The zero-order chi connectivity index (χ0) is 20.3. The van der Waals surface area contributed by atoms with Gasteiger partial charge >= 0.3 is 0 Å². The molecule has 0 aliphatic rings. The van der Waals surface area contributed by atoms with Crippen molar-refractivity contribution in [3.63, 3.8) is 0 Å². The molecule has 2 aromatic carbocycles. The molecule has 1 aromatic heterocycles. The van der Waals surface area contributed by atoms with Crippen LogP contribution in [-0.4, -0.2) is 48.4 Å². The van der Waals surface area contributed by atoms with Crippen LogP contribution >= 0.6 is 11.6 Å². The fourth-order valence-corrected chi connectivity index (χ4v) is 4.18. The highest BCUT2D eigenvalue weighted by molar-refractivity contribution is 7.92. The Morgan fingerprint density at radius 2 is 1.89 bits per heavy atom. The van der Waals surface area contributed by atoms with E-state index >= 15 is 0 Å². The maximum Gasteiger partial charge on any atom is 0.232 e. The van der Waals surface area contributed by atoms with Crippen LogP contribution in [-0.2, 0) is 16.6 Å². The van der Waals surface area contributed by atoms with Gasteiger partial charge in [-0.1, -0.05) is 35.0 Å². The van der Waals surface area contributed by atoms with Crippen molar-refractivity contribution in [2.75, 3.05) is 17.1 Å². The molecule has 3 rings (SSSR count). The zero-order valence-corrected chi connectivity index (χ0v) is 16.7. The topological polar surface area (TPSA) is 95.1 Å². The van der Waals surface area contributed by atoms with Crippen molar-refractivity contribution in [2.45, 2.75) is 12.6 Å². The van der Waals surface area contributed by atoms with E-state index in [9.17, 15) is 13.5 Å². The lowest BCUT2D eigenvalue weighted by atomic mass is 10.2. The number of aliphatic hydroxyl groups is 1. The van der Waals surface area contributed by atoms with Gasteiger partial charge in [0.15, 0.2) is 0 Å². The molecule has 1 heterocycles. The third-order valence-electron chi connectivity index (χ3n) is 4.32. The number of para-hydroxylation sites is 1. The summed E-state index contributed by atoms with van der Waals surface area (Å²) in [6.45, 7) is 0.0514. The minimum atomic E-state index is -3.60. The summed E-state index contributed by atoms with van der Waals surface area (Å²) < 4.78 is 27.4. The molecule has 0 bridgehead atoms. The molecular formula is C19H20ClN3O4S. The third-order valence-corrected chi connectivity index (χ3v) is 5.73. The highest BCUT2D eigenvalue weighted by atomic mass is 35.5. The van der Waals surface area contributed by atoms with Gasteiger partial charge in [-0.2, -0.15) is 0 Å². The molecule has 2 N–H and O–H groups in total. The van der Waals surface area contributed by atoms with Gasteiger partial charge in [-0.25, -0.2) is 8.42 Å². The quantitative estimate of drug-likeness (QED) is 0.348. The second kappa shape index (κ2) is 8.22. The normalized spacial score (nSPS) is 13.2. The van der Waals surface area contributed by atoms with Crippen molar-refractivity contribution in [3.05, 3.63) is 65.3 Å². The molecule has 148 valence electrons. The highest BCUT2D eigenvalue weighted by Crippen LogP contribution is 2.23. The van der Waals surface area contributed by atoms with Gasteiger partial charge in [-0.15, -0.1) is 0 Å². The average Bonchev–Trinajstić information content (AvgIpc) is 2.98. The smallest absolute Gasteiger partial charge is 0.232 e. The van der Waals surface area contributed by atoms with Gasteiger partial charge in [0.05, 0.1) is 37.4 Å². The molecule has 0 saturated heterocycles. The van der Waals surface area contributed by atoms with Crippen LogP contribution in [0.2, 0.25) is 5.02 Å². The maximum absolute atomic E-state index is 12.2. The summed E-state index contributed by atoms with van der Waals surface area (Å²) in [6.07, 6.45) is 3.19. The first-order valence-electron chi connectivity index (χ1n) is 8.46. The average molecular weight is 422 g/mol. The summed E-state index contributed by atoms with van der Waals surface area (Å²) in [4.78, 5) is 0. The summed E-state index contributed by atoms with van der Waals surface area (Å²) in [5.74, 6) is 0. The van der Waals surface area contributed by atoms with Crippen molar-refractivity contribution < 1.29 is 18.7 Å². The van der Waals surface area contributed by atoms with Crippen LogP contribution in [0.15, 0.2) is 59.9 Å². The van der Waals surface area contributed by atoms with E-state index in [0.29, 0.717) is 16.3 Å². The van der Waals surface area contributed by atoms with Crippen LogP contribution in [0, 0.1) is 0 Å². The molecule has 28 heavy (non-hydrogen) atoms. The molecule has 0 aliphatic heterocycles. The van der Waals surface area contributed by atoms with Gasteiger partial charge in [0.25, 0.3) is 0 Å². The van der Waals surface area contributed by atoms with Gasteiger partial charge < -0.3 is 14.9 Å². The Bertz CT molecular complexity index is 1090. The van der Waals surface area contributed by atoms with Crippen molar-refractivity contribution >= 4 is 44.4 Å². The summed E-state index contributed by atoms with van der Waals surface area (Å²) in [5, 5.41) is 23.9. The van der Waals surface area contributed by atoms with Crippen LogP contribution in [0.1, 0.15) is 5.56 Å². The Hall–Kier alpha value is -2.55. The molecule has 0 amide bonds. The predicted molar refractivity (Wildman–Crippen MR) is 111 cm³/mol. The Kier molecular flexibility index (Phi) is 5.93. The fraction of sp³-hybridized carbons (Fsp3) is 0.211. The number of hydrogen-bond donors (Lipinski definition) is 2. The van der Waals surface area contributed by atoms with Crippen molar-refractivity contribution in [1.82, 2.24) is 4.57 Å². The van der Waals surface area contributed by atoms with Gasteiger partial charge in [0.2, 0.25) is 10.0 Å². The van der Waals surface area contributed by atoms with Crippen molar-refractivity contribution in [3.8, 4) is 0 Å². The molecule has 1 unspecified atom stereocenters. The van der Waals surface area contributed by atoms with Gasteiger partial charge in [0.1, 0.15) is 0 Å². The number of anilines is 1. The monoisotopic (exact) mass is 421 g/mol. The summed E-state index contributed by atoms with van der Waals surface area (Å²) in [5.41, 5.74) is 1.97. The number of fused-ring (bicyclic) bond motifs is 1. The fourth-order valence-electron chi connectivity index (χ4n) is 3.11. The largest absolute Gasteiger partial charge is 0.411 e. The lowest BCUT2D eigenvalue weighted by molar-refractivity contribution is 0.164. The number of hydrogen-bond acceptors (Lipinski definition) is 5. The number of aromatic nitrogens is 1. The Morgan fingerprint density at radius 3 is 2.54 bits per heavy atom. The minimum absolute atomic E-state index is 0.115. The van der Waals surface area contributed by atoms with E-state index in [4.69, 9.17) is 16.8 Å². The van der Waals surface area contributed by atoms with E-state index in [1.54, 1.807) is 35.0 Å². The molecule has 9 heteroatoms. The van der Waals surface area contributed by atoms with Crippen LogP contribution in [0.3, 0.4) is 0 Å². The maximum atomic E-state index is 12.2. The zero-order valence-electron chi connectivity index (χ0n) is 15.1. The number of aliphatic hydroxyl groups excluding tert-OH is 1. The Labute approximate surface area is 168 Å². The van der Waals surface area contributed by atoms with Crippen LogP contribution in [0.4, 0.5) is 5.69 Å². The molecule has 0 saturated carbocycles. The summed E-state index contributed by atoms with van der Waals surface area (Å²) >= 11 is 5.88. The van der Waals surface area contributed by atoms with E-state index in [2.05, 4.69) is 5.16 Å². The molecule has 0 spiro atoms. The first-order chi connectivity index (χ1) is 13.3. The molecule has 1 atom stereocenters. The number of sulfonamides is 1. The first-order valence-corrected chi connectivity index (χ1v) is 10.7. The van der Waals surface area contributed by atoms with Crippen LogP contribution in [0.5, 0.6) is 0 Å². The Balaban J connectivity index is 1.87. The van der Waals surface area contributed by atoms with E-state index in [-0.39, 0.29) is 13.1 Å². The van der Waals surface area contributed by atoms with Gasteiger partial charge in [-0.3, -0.25) is 4.31 Å². The van der Waals surface area contributed by atoms with Crippen LogP contribution < -0.4 is 4.31 Å². The number of benzene rings is 2. The first kappa shape index (κ1) is 20.2. The molecule has 3 aromatic rings. The lowest BCUT2D eigenvalue weighted by Crippen LogP contribution is -2.38. The number of halogens is 1. The van der Waals surface area contributed by atoms with Gasteiger partial charge in [0, 0.05) is 27.7 Å². The highest BCUT2D eigenvalue weighted by Gasteiger charge is 2.22. The SMILES string of the molecule is CS(=O)(=O)N(CC(O)Cn1cc(/C=N/O)c2ccccc21)c1ccc(Cl)cc1. The lowest BCUT2D eigenvalue weighted by Gasteiger charge is -2.25. The van der Waals surface area contributed by atoms with Gasteiger partial charge in [-0.05, 0) is 30.3 Å². The number of nitrogens with zero attached hydrogens (tertiary/aromatic N) is 3. The van der Waals surface area contributed by atoms with E-state index in [1.807, 2.05) is 24.3 Å². The van der Waals surface area contributed by atoms with Crippen LogP contribution in [0.25, 0.3) is 10.9 Å². The number of rotatable bonds is 7. The molecule has 0 radical (unpaired) electrons. The third kappa shape index (κ3) is 4.46. The second-order valence-electron chi connectivity index (χ2n) is 6.42. The minimum Gasteiger partial charge on any atom is -0.411 e. The molecule has 7 nitrogen and oxygen atoms in total. The van der Waals surface area contributed by atoms with Crippen molar-refractivity contribution in [2.24, 2.45) is 5.16 Å². The molecule has 0 fully saturated rings. The second-order valence-corrected chi connectivity index (χ2v) is 8.77. The Morgan fingerprint density at radius 1 is 1.21 bits per heavy atom. The van der Waals surface area contributed by atoms with E-state index < -0.39 is 16.1 Å². The van der Waals surface area contributed by atoms with E-state index in [0.717, 1.165) is 21.5 Å². The van der Waals surface area contributed by atoms with E-state index in [1.165, 1.54) is 6.21 Å². The summed E-state index contributed by atoms with van der Waals surface area (Å²) in [7, 11) is -3.60. The standard InChI is InChI=1S/C19H20ClN3O4S/c1-28(26,27)23(16-8-6-15(20)7-9-16)13-17(24)12-22-11-14(10-21-25)18-4-2-3-5-19(18)22/h2-11,17,24-25H,12-13H2,1H3/b21-10+. The summed E-state index contributed by atoms with van der Waals surface area (Å²) in [6, 6.07) is 13.9.